The van der Waals surface area contributed by atoms with E-state index in [1.807, 2.05) is 29.2 Å². The van der Waals surface area contributed by atoms with Crippen molar-refractivity contribution in [1.82, 2.24) is 15.2 Å². The number of anilines is 1. The maximum Gasteiger partial charge on any atom is 0.299 e. The molecule has 6 nitrogen and oxygen atoms in total. The number of amides is 1. The lowest BCUT2D eigenvalue weighted by Gasteiger charge is -2.35. The first-order valence-corrected chi connectivity index (χ1v) is 6.71. The predicted octanol–water partition coefficient (Wildman–Crippen LogP) is 0.694. The number of aromatic nitrogens is 1. The quantitative estimate of drug-likeness (QED) is 0.873. The minimum Gasteiger partial charge on any atom is -0.423 e. The Kier molecular flexibility index (Phi) is 3.31. The van der Waals surface area contributed by atoms with Crippen molar-refractivity contribution in [3.05, 3.63) is 24.3 Å². The first kappa shape index (κ1) is 12.9. The van der Waals surface area contributed by atoms with Crippen molar-refractivity contribution in [1.29, 1.82) is 0 Å². The highest BCUT2D eigenvalue weighted by atomic mass is 16.4. The molecule has 106 valence electrons. The number of fused-ring (bicyclic) bond motifs is 1. The van der Waals surface area contributed by atoms with E-state index in [0.29, 0.717) is 19.1 Å². The number of nitrogens with zero attached hydrogens (tertiary/aromatic N) is 3. The number of piperazine rings is 1. The van der Waals surface area contributed by atoms with Crippen LogP contribution in [0.4, 0.5) is 6.01 Å². The summed E-state index contributed by atoms with van der Waals surface area (Å²) in [4.78, 5) is 20.3. The number of hydrogen-bond acceptors (Lipinski definition) is 5. The van der Waals surface area contributed by atoms with Gasteiger partial charge in [0.25, 0.3) is 6.01 Å². The van der Waals surface area contributed by atoms with Crippen LogP contribution in [0.15, 0.2) is 28.7 Å². The molecule has 20 heavy (non-hydrogen) atoms. The molecule has 0 aliphatic carbocycles. The molecule has 3 rings (SSSR count). The third-order valence-corrected chi connectivity index (χ3v) is 3.50. The van der Waals surface area contributed by atoms with Crippen LogP contribution in [0.25, 0.3) is 11.1 Å². The highest BCUT2D eigenvalue weighted by Crippen LogP contribution is 2.24. The van der Waals surface area contributed by atoms with Crippen molar-refractivity contribution in [2.45, 2.75) is 6.04 Å². The van der Waals surface area contributed by atoms with Gasteiger partial charge in [0, 0.05) is 33.7 Å². The van der Waals surface area contributed by atoms with Crippen molar-refractivity contribution in [2.75, 3.05) is 38.6 Å². The van der Waals surface area contributed by atoms with E-state index in [-0.39, 0.29) is 11.9 Å². The first-order valence-electron chi connectivity index (χ1n) is 6.71. The summed E-state index contributed by atoms with van der Waals surface area (Å²) in [7, 11) is 3.53. The summed E-state index contributed by atoms with van der Waals surface area (Å²) in [5, 5.41) is 3.25. The normalized spacial score (nSPS) is 19.3. The zero-order valence-corrected chi connectivity index (χ0v) is 11.7. The first-order chi connectivity index (χ1) is 9.66. The molecule has 1 unspecified atom stereocenters. The Labute approximate surface area is 117 Å². The molecule has 1 atom stereocenters. The summed E-state index contributed by atoms with van der Waals surface area (Å²) in [5.74, 6) is 0.0551. The number of carbonyl (C=O) groups is 1. The SMILES string of the molecule is CN(C)C(=O)C1CNCCN1c1nc2ccccc2o1. The van der Waals surface area contributed by atoms with Gasteiger partial charge in [-0.15, -0.1) is 0 Å². The Morgan fingerprint density at radius 1 is 1.45 bits per heavy atom. The molecular formula is C14H18N4O2. The molecule has 1 saturated heterocycles. The predicted molar refractivity (Wildman–Crippen MR) is 76.7 cm³/mol. The Morgan fingerprint density at radius 2 is 2.25 bits per heavy atom. The van der Waals surface area contributed by atoms with Gasteiger partial charge in [0.2, 0.25) is 5.91 Å². The van der Waals surface area contributed by atoms with Crippen molar-refractivity contribution >= 4 is 23.0 Å². The second-order valence-corrected chi connectivity index (χ2v) is 5.11. The third-order valence-electron chi connectivity index (χ3n) is 3.50. The second-order valence-electron chi connectivity index (χ2n) is 5.11. The highest BCUT2D eigenvalue weighted by molar-refractivity contribution is 5.85. The lowest BCUT2D eigenvalue weighted by atomic mass is 10.2. The third kappa shape index (κ3) is 2.22. The Morgan fingerprint density at radius 3 is 3.00 bits per heavy atom. The fourth-order valence-electron chi connectivity index (χ4n) is 2.43. The van der Waals surface area contributed by atoms with Gasteiger partial charge < -0.3 is 19.5 Å². The summed E-state index contributed by atoms with van der Waals surface area (Å²) in [6.45, 7) is 2.13. The molecule has 1 aromatic carbocycles. The van der Waals surface area contributed by atoms with E-state index < -0.39 is 0 Å². The molecule has 2 aromatic rings. The van der Waals surface area contributed by atoms with Crippen LogP contribution in [-0.4, -0.2) is 55.6 Å². The van der Waals surface area contributed by atoms with Gasteiger partial charge in [-0.2, -0.15) is 4.98 Å². The van der Waals surface area contributed by atoms with Crippen LogP contribution >= 0.6 is 0 Å². The molecule has 6 heteroatoms. The van der Waals surface area contributed by atoms with Crippen LogP contribution in [0.2, 0.25) is 0 Å². The fourth-order valence-corrected chi connectivity index (χ4v) is 2.43. The highest BCUT2D eigenvalue weighted by Gasteiger charge is 2.32. The summed E-state index contributed by atoms with van der Waals surface area (Å²) >= 11 is 0. The van der Waals surface area contributed by atoms with E-state index in [9.17, 15) is 4.79 Å². The van der Waals surface area contributed by atoms with Crippen LogP contribution in [0.3, 0.4) is 0 Å². The molecule has 1 fully saturated rings. The van der Waals surface area contributed by atoms with E-state index in [1.54, 1.807) is 19.0 Å². The van der Waals surface area contributed by atoms with Crippen LogP contribution in [0, 0.1) is 0 Å². The van der Waals surface area contributed by atoms with Gasteiger partial charge in [0.1, 0.15) is 11.6 Å². The summed E-state index contributed by atoms with van der Waals surface area (Å²) in [6.07, 6.45) is 0. The number of hydrogen-bond donors (Lipinski definition) is 1. The van der Waals surface area contributed by atoms with E-state index >= 15 is 0 Å². The van der Waals surface area contributed by atoms with E-state index in [4.69, 9.17) is 4.42 Å². The minimum absolute atomic E-state index is 0.0551. The minimum atomic E-state index is -0.271. The van der Waals surface area contributed by atoms with Gasteiger partial charge in [-0.05, 0) is 12.1 Å². The number of likely N-dealkylation sites (N-methyl/N-ethyl adjacent to an activating group) is 1. The van der Waals surface area contributed by atoms with Crippen molar-refractivity contribution in [3.8, 4) is 0 Å². The average molecular weight is 274 g/mol. The number of nitrogens with one attached hydrogen (secondary N) is 1. The second kappa shape index (κ2) is 5.13. The van der Waals surface area contributed by atoms with Gasteiger partial charge in [-0.1, -0.05) is 12.1 Å². The maximum atomic E-state index is 12.3. The number of para-hydroxylation sites is 2. The fraction of sp³-hybridized carbons (Fsp3) is 0.429. The van der Waals surface area contributed by atoms with Crippen LogP contribution in [0.5, 0.6) is 0 Å². The summed E-state index contributed by atoms with van der Waals surface area (Å²) < 4.78 is 5.78. The molecular weight excluding hydrogens is 256 g/mol. The van der Waals surface area contributed by atoms with Crippen molar-refractivity contribution in [2.24, 2.45) is 0 Å². The topological polar surface area (TPSA) is 61.6 Å². The zero-order chi connectivity index (χ0) is 14.1. The lowest BCUT2D eigenvalue weighted by Crippen LogP contribution is -2.58. The monoisotopic (exact) mass is 274 g/mol. The van der Waals surface area contributed by atoms with Crippen molar-refractivity contribution in [3.63, 3.8) is 0 Å². The van der Waals surface area contributed by atoms with Crippen molar-refractivity contribution < 1.29 is 9.21 Å². The van der Waals surface area contributed by atoms with Gasteiger partial charge in [0.05, 0.1) is 0 Å². The molecule has 0 spiro atoms. The number of rotatable bonds is 2. The lowest BCUT2D eigenvalue weighted by molar-refractivity contribution is -0.130. The van der Waals surface area contributed by atoms with Gasteiger partial charge in [0.15, 0.2) is 5.58 Å². The molecule has 1 aliphatic heterocycles. The molecule has 1 aliphatic rings. The van der Waals surface area contributed by atoms with Gasteiger partial charge >= 0.3 is 0 Å². The largest absolute Gasteiger partial charge is 0.423 e. The van der Waals surface area contributed by atoms with Crippen LogP contribution < -0.4 is 10.2 Å². The van der Waals surface area contributed by atoms with E-state index in [0.717, 1.165) is 17.6 Å². The number of oxazole rings is 1. The summed E-state index contributed by atoms with van der Waals surface area (Å²) in [6, 6.07) is 7.89. The molecule has 0 radical (unpaired) electrons. The van der Waals surface area contributed by atoms with E-state index in [2.05, 4.69) is 10.3 Å². The molecule has 2 heterocycles. The molecule has 1 N–H and O–H groups in total. The number of benzene rings is 1. The Balaban J connectivity index is 1.94. The Bertz CT molecular complexity index is 589. The molecule has 0 bridgehead atoms. The molecule has 0 saturated carbocycles. The van der Waals surface area contributed by atoms with Gasteiger partial charge in [-0.25, -0.2) is 0 Å². The van der Waals surface area contributed by atoms with Crippen LogP contribution in [-0.2, 0) is 4.79 Å². The maximum absolute atomic E-state index is 12.3. The number of carbonyl (C=O) groups excluding carboxylic acids is 1. The summed E-state index contributed by atoms with van der Waals surface area (Å²) in [5.41, 5.74) is 1.56. The van der Waals surface area contributed by atoms with E-state index in [1.165, 1.54) is 0 Å². The smallest absolute Gasteiger partial charge is 0.299 e. The molecule has 1 aromatic heterocycles. The van der Waals surface area contributed by atoms with Crippen LogP contribution in [0.1, 0.15) is 0 Å². The van der Waals surface area contributed by atoms with Gasteiger partial charge in [-0.3, -0.25) is 4.79 Å². The molecule has 1 amide bonds. The average Bonchev–Trinajstić information content (AvgIpc) is 2.90. The standard InChI is InChI=1S/C14H18N4O2/c1-17(2)13(19)11-9-15-7-8-18(11)14-16-10-5-3-4-6-12(10)20-14/h3-6,11,15H,7-9H2,1-2H3. The zero-order valence-electron chi connectivity index (χ0n) is 11.7. The Hall–Kier alpha value is -2.08.